The van der Waals surface area contributed by atoms with Gasteiger partial charge in [0.25, 0.3) is 11.6 Å². The minimum atomic E-state index is -1.09. The molecule has 240 valence electrons. The zero-order valence-corrected chi connectivity index (χ0v) is 26.4. The standard InChI is InChI=1S/C33H46N4O7/c1-18-25-14-23(33(25,3)4)15-26(18)35-31(41)30(29(19(2)39)28(40)17-38)34-16-20-8-7-9-21(12-20)24-11-10-22(32(42)36(5)6)13-27(24)37(43)44/h7-13,18-19,23,25-26,28-30,34,38-40H,14-17H2,1-6H3,(H,35,41)/p+1/t18-,19-,23+,25-,26-,28?,29?,30-/m0/s1. The second kappa shape index (κ2) is 13.3. The van der Waals surface area contributed by atoms with E-state index in [0.29, 0.717) is 28.9 Å². The third-order valence-corrected chi connectivity index (χ3v) is 10.2. The molecule has 44 heavy (non-hydrogen) atoms. The number of carbonyl (C=O) groups is 2. The highest BCUT2D eigenvalue weighted by molar-refractivity contribution is 5.95. The first-order valence-corrected chi connectivity index (χ1v) is 15.3. The van der Waals surface area contributed by atoms with E-state index in [0.717, 1.165) is 12.0 Å². The molecule has 5 rings (SSSR count). The van der Waals surface area contributed by atoms with E-state index in [1.807, 2.05) is 6.07 Å². The fourth-order valence-electron chi connectivity index (χ4n) is 7.38. The third kappa shape index (κ3) is 6.66. The van der Waals surface area contributed by atoms with E-state index in [4.69, 9.17) is 5.11 Å². The van der Waals surface area contributed by atoms with Crippen LogP contribution < -0.4 is 10.6 Å². The number of amides is 2. The Balaban J connectivity index is 1.57. The number of rotatable bonds is 12. The summed E-state index contributed by atoms with van der Waals surface area (Å²) < 4.78 is 0. The van der Waals surface area contributed by atoms with Gasteiger partial charge in [-0.05, 0) is 72.3 Å². The SMILES string of the molecule is C[C@@H]1[C@@H](NC(=O)[C@@H](NCc2cccc(-c3ccc(C(=O)N(C)C)cc3[N+](=O)[O-])c2)C(C([OH2+])CO)[C@H](C)O)C[C@H]2C[C@@H]1C2(C)C. The largest absolute Gasteiger partial charge is 0.441 e. The molecule has 2 aromatic rings. The molecular weight excluding hydrogens is 564 g/mol. The lowest BCUT2D eigenvalue weighted by Gasteiger charge is -2.62. The number of nitro groups is 1. The molecule has 11 nitrogen and oxygen atoms in total. The van der Waals surface area contributed by atoms with Crippen LogP contribution in [0.5, 0.6) is 0 Å². The predicted octanol–water partition coefficient (Wildman–Crippen LogP) is 2.69. The van der Waals surface area contributed by atoms with Crippen molar-refractivity contribution in [3.63, 3.8) is 0 Å². The molecule has 0 spiro atoms. The first-order chi connectivity index (χ1) is 20.7. The Bertz CT molecular complexity index is 1380. The molecular formula is C33H47N4O7+. The Labute approximate surface area is 258 Å². The number of aliphatic hydroxyl groups excluding tert-OH is 2. The Hall–Kier alpha value is -3.38. The average molecular weight is 612 g/mol. The van der Waals surface area contributed by atoms with E-state index in [9.17, 15) is 29.9 Å². The van der Waals surface area contributed by atoms with Crippen LogP contribution in [-0.2, 0) is 11.3 Å². The molecule has 0 radical (unpaired) electrons. The molecule has 2 amide bonds. The molecule has 8 atom stereocenters. The Morgan fingerprint density at radius 1 is 1.18 bits per heavy atom. The Morgan fingerprint density at radius 2 is 1.89 bits per heavy atom. The molecule has 3 saturated carbocycles. The van der Waals surface area contributed by atoms with Gasteiger partial charge in [-0.3, -0.25) is 19.7 Å². The van der Waals surface area contributed by atoms with Crippen molar-refractivity contribution >= 4 is 17.5 Å². The Kier molecular flexibility index (Phi) is 10.1. The molecule has 0 aliphatic heterocycles. The van der Waals surface area contributed by atoms with Gasteiger partial charge in [0.05, 0.1) is 22.5 Å². The number of hydrogen-bond acceptors (Lipinski definition) is 7. The topological polar surface area (TPSA) is 168 Å². The van der Waals surface area contributed by atoms with E-state index in [2.05, 4.69) is 31.4 Å². The lowest BCUT2D eigenvalue weighted by Crippen LogP contribution is -2.63. The number of carbonyl (C=O) groups excluding carboxylic acids is 2. The number of hydrogen-bond donors (Lipinski definition) is 4. The third-order valence-electron chi connectivity index (χ3n) is 10.2. The van der Waals surface area contributed by atoms with Crippen molar-refractivity contribution < 1.29 is 29.8 Å². The van der Waals surface area contributed by atoms with Crippen molar-refractivity contribution in [2.75, 3.05) is 20.7 Å². The zero-order chi connectivity index (χ0) is 32.5. The van der Waals surface area contributed by atoms with Crippen LogP contribution in [0.15, 0.2) is 42.5 Å². The van der Waals surface area contributed by atoms with Gasteiger partial charge < -0.3 is 30.9 Å². The highest BCUT2D eigenvalue weighted by Crippen LogP contribution is 2.61. The smallest absolute Gasteiger partial charge is 0.277 e. The van der Waals surface area contributed by atoms with Crippen molar-refractivity contribution in [1.82, 2.24) is 15.5 Å². The summed E-state index contributed by atoms with van der Waals surface area (Å²) in [4.78, 5) is 39.0. The van der Waals surface area contributed by atoms with E-state index in [-0.39, 0.29) is 41.1 Å². The summed E-state index contributed by atoms with van der Waals surface area (Å²) in [5.41, 5.74) is 1.92. The van der Waals surface area contributed by atoms with Gasteiger partial charge >= 0.3 is 0 Å². The van der Waals surface area contributed by atoms with E-state index in [1.165, 1.54) is 24.3 Å². The Morgan fingerprint density at radius 3 is 2.45 bits per heavy atom. The molecule has 11 heteroatoms. The van der Waals surface area contributed by atoms with Gasteiger partial charge in [0, 0.05) is 38.3 Å². The number of nitrogens with one attached hydrogen (secondary N) is 2. The summed E-state index contributed by atoms with van der Waals surface area (Å²) in [6.45, 7) is 7.95. The van der Waals surface area contributed by atoms with Crippen LogP contribution in [0.4, 0.5) is 5.69 Å². The molecule has 3 fully saturated rings. The fraction of sp³-hybridized carbons (Fsp3) is 0.576. The monoisotopic (exact) mass is 611 g/mol. The van der Waals surface area contributed by atoms with Gasteiger partial charge in [-0.1, -0.05) is 39.0 Å². The summed E-state index contributed by atoms with van der Waals surface area (Å²) in [5.74, 6) is -0.180. The van der Waals surface area contributed by atoms with E-state index >= 15 is 0 Å². The first-order valence-electron chi connectivity index (χ1n) is 15.3. The molecule has 0 saturated heterocycles. The van der Waals surface area contributed by atoms with Gasteiger partial charge in [-0.2, -0.15) is 0 Å². The zero-order valence-electron chi connectivity index (χ0n) is 26.4. The maximum absolute atomic E-state index is 13.8. The minimum Gasteiger partial charge on any atom is -0.441 e. The van der Waals surface area contributed by atoms with Gasteiger partial charge in [-0.15, -0.1) is 0 Å². The molecule has 0 aromatic heterocycles. The van der Waals surface area contributed by atoms with Crippen molar-refractivity contribution in [1.29, 1.82) is 0 Å². The highest BCUT2D eigenvalue weighted by atomic mass is 16.6. The van der Waals surface area contributed by atoms with Crippen molar-refractivity contribution in [2.24, 2.45) is 29.1 Å². The second-order valence-corrected chi connectivity index (χ2v) is 13.4. The number of nitro benzene ring substituents is 1. The quantitative estimate of drug-likeness (QED) is 0.163. The van der Waals surface area contributed by atoms with Crippen LogP contribution in [0.2, 0.25) is 0 Å². The maximum atomic E-state index is 13.8. The molecule has 2 aromatic carbocycles. The predicted molar refractivity (Wildman–Crippen MR) is 168 cm³/mol. The molecule has 2 bridgehead atoms. The molecule has 3 aliphatic carbocycles. The summed E-state index contributed by atoms with van der Waals surface area (Å²) in [5, 5.41) is 47.3. The van der Waals surface area contributed by atoms with Crippen molar-refractivity contribution in [3.8, 4) is 11.1 Å². The van der Waals surface area contributed by atoms with Gasteiger partial charge in [0.2, 0.25) is 5.91 Å². The second-order valence-electron chi connectivity index (χ2n) is 13.4. The molecule has 3 aliphatic rings. The summed E-state index contributed by atoms with van der Waals surface area (Å²) in [7, 11) is 3.16. The van der Waals surface area contributed by atoms with Crippen molar-refractivity contribution in [3.05, 3.63) is 63.7 Å². The first kappa shape index (κ1) is 33.5. The van der Waals surface area contributed by atoms with Crippen LogP contribution in [0.3, 0.4) is 0 Å². The van der Waals surface area contributed by atoms with Crippen LogP contribution in [0, 0.1) is 39.2 Å². The molecule has 2 unspecified atom stereocenters. The van der Waals surface area contributed by atoms with Crippen molar-refractivity contribution in [2.45, 2.75) is 71.4 Å². The van der Waals surface area contributed by atoms with Gasteiger partial charge in [0.1, 0.15) is 12.6 Å². The fourth-order valence-corrected chi connectivity index (χ4v) is 7.38. The van der Waals surface area contributed by atoms with Crippen LogP contribution in [0.25, 0.3) is 11.1 Å². The number of nitrogens with zero attached hydrogens (tertiary/aromatic N) is 2. The lowest BCUT2D eigenvalue weighted by atomic mass is 9.45. The van der Waals surface area contributed by atoms with E-state index in [1.54, 1.807) is 44.4 Å². The summed E-state index contributed by atoms with van der Waals surface area (Å²) in [6, 6.07) is 10.5. The lowest BCUT2D eigenvalue weighted by molar-refractivity contribution is -0.384. The average Bonchev–Trinajstić information content (AvgIpc) is 2.98. The molecule has 0 heterocycles. The van der Waals surface area contributed by atoms with Crippen LogP contribution in [-0.4, -0.2) is 82.0 Å². The van der Waals surface area contributed by atoms with Gasteiger partial charge in [-0.25, -0.2) is 0 Å². The minimum absolute atomic E-state index is 0.0113. The van der Waals surface area contributed by atoms with E-state index < -0.39 is 35.7 Å². The summed E-state index contributed by atoms with van der Waals surface area (Å²) >= 11 is 0. The maximum Gasteiger partial charge on any atom is 0.277 e. The number of benzene rings is 2. The highest BCUT2D eigenvalue weighted by Gasteiger charge is 2.56. The number of fused-ring (bicyclic) bond motifs is 2. The summed E-state index contributed by atoms with van der Waals surface area (Å²) in [6.07, 6.45) is -0.0822. The van der Waals surface area contributed by atoms with Gasteiger partial charge in [0.15, 0.2) is 6.10 Å². The normalized spacial score (nSPS) is 24.8. The number of aliphatic hydroxyl groups is 2. The van der Waals surface area contributed by atoms with Crippen LogP contribution in [0.1, 0.15) is 56.5 Å². The van der Waals surface area contributed by atoms with Crippen LogP contribution >= 0.6 is 0 Å². The molecule has 6 N–H and O–H groups in total.